The molecular weight excluding hydrogens is 406 g/mol. The number of carbonyl (C=O) groups excluding carboxylic acids is 2. The lowest BCUT2D eigenvalue weighted by atomic mass is 10.1. The van der Waals surface area contributed by atoms with Crippen LogP contribution in [-0.2, 0) is 4.74 Å². The SMILES string of the molecule is Cc1nn(-c2ccc(F)cc2F)c(C)c1C(=O)NCC(C)CN(C)C(=O)OC(C)(C)C. The Labute approximate surface area is 181 Å². The molecule has 0 aliphatic heterocycles. The number of halogens is 2. The van der Waals surface area contributed by atoms with Crippen molar-refractivity contribution in [1.29, 1.82) is 0 Å². The average Bonchev–Trinajstić information content (AvgIpc) is 2.92. The van der Waals surface area contributed by atoms with Crippen molar-refractivity contribution in [3.63, 3.8) is 0 Å². The lowest BCUT2D eigenvalue weighted by molar-refractivity contribution is 0.0277. The molecule has 0 radical (unpaired) electrons. The number of nitrogens with zero attached hydrogens (tertiary/aromatic N) is 3. The van der Waals surface area contributed by atoms with E-state index in [0.29, 0.717) is 30.0 Å². The lowest BCUT2D eigenvalue weighted by Gasteiger charge is -2.26. The van der Waals surface area contributed by atoms with Crippen LogP contribution in [-0.4, -0.2) is 52.4 Å². The highest BCUT2D eigenvalue weighted by molar-refractivity contribution is 5.96. The summed E-state index contributed by atoms with van der Waals surface area (Å²) in [5, 5.41) is 7.09. The number of hydrogen-bond donors (Lipinski definition) is 1. The predicted octanol–water partition coefficient (Wildman–Crippen LogP) is 4.00. The van der Waals surface area contributed by atoms with Crippen molar-refractivity contribution in [3.05, 3.63) is 46.8 Å². The van der Waals surface area contributed by atoms with E-state index in [4.69, 9.17) is 4.74 Å². The summed E-state index contributed by atoms with van der Waals surface area (Å²) in [5.74, 6) is -1.84. The van der Waals surface area contributed by atoms with Gasteiger partial charge in [0.1, 0.15) is 17.1 Å². The number of benzene rings is 1. The first-order chi connectivity index (χ1) is 14.3. The van der Waals surface area contributed by atoms with Crippen molar-refractivity contribution < 1.29 is 23.1 Å². The lowest BCUT2D eigenvalue weighted by Crippen LogP contribution is -2.39. The summed E-state index contributed by atoms with van der Waals surface area (Å²) in [6, 6.07) is 3.19. The zero-order valence-corrected chi connectivity index (χ0v) is 19.0. The minimum Gasteiger partial charge on any atom is -0.444 e. The van der Waals surface area contributed by atoms with Crippen LogP contribution in [0.1, 0.15) is 49.4 Å². The van der Waals surface area contributed by atoms with Gasteiger partial charge < -0.3 is 15.0 Å². The fourth-order valence-electron chi connectivity index (χ4n) is 3.16. The van der Waals surface area contributed by atoms with Gasteiger partial charge in [0.2, 0.25) is 0 Å². The zero-order chi connectivity index (χ0) is 23.5. The van der Waals surface area contributed by atoms with E-state index in [1.807, 2.05) is 6.92 Å². The summed E-state index contributed by atoms with van der Waals surface area (Å²) in [6.07, 6.45) is -0.431. The van der Waals surface area contributed by atoms with Crippen molar-refractivity contribution in [2.45, 2.75) is 47.1 Å². The van der Waals surface area contributed by atoms with Gasteiger partial charge in [0, 0.05) is 26.2 Å². The molecule has 0 spiro atoms. The van der Waals surface area contributed by atoms with Crippen LogP contribution < -0.4 is 5.32 Å². The number of aryl methyl sites for hydroxylation is 1. The second kappa shape index (κ2) is 9.45. The molecule has 1 aromatic carbocycles. The summed E-state index contributed by atoms with van der Waals surface area (Å²) in [5.41, 5.74) is 0.684. The predicted molar refractivity (Wildman–Crippen MR) is 113 cm³/mol. The molecule has 2 amide bonds. The number of ether oxygens (including phenoxy) is 1. The first-order valence-corrected chi connectivity index (χ1v) is 10.0. The van der Waals surface area contributed by atoms with E-state index in [1.165, 1.54) is 15.6 Å². The summed E-state index contributed by atoms with van der Waals surface area (Å²) in [6.45, 7) is 11.3. The molecule has 9 heteroatoms. The van der Waals surface area contributed by atoms with Crippen LogP contribution in [0.2, 0.25) is 0 Å². The monoisotopic (exact) mass is 436 g/mol. The number of carbonyl (C=O) groups is 2. The maximum absolute atomic E-state index is 14.2. The van der Waals surface area contributed by atoms with Crippen LogP contribution in [0.4, 0.5) is 13.6 Å². The average molecular weight is 437 g/mol. The molecule has 0 bridgehead atoms. The smallest absolute Gasteiger partial charge is 0.410 e. The van der Waals surface area contributed by atoms with Crippen LogP contribution in [0.3, 0.4) is 0 Å². The van der Waals surface area contributed by atoms with Crippen molar-refractivity contribution in [1.82, 2.24) is 20.0 Å². The number of amides is 2. The third kappa shape index (κ3) is 6.26. The molecule has 2 aromatic rings. The summed E-state index contributed by atoms with van der Waals surface area (Å²) in [7, 11) is 1.64. The highest BCUT2D eigenvalue weighted by Gasteiger charge is 2.23. The molecule has 2 rings (SSSR count). The van der Waals surface area contributed by atoms with Gasteiger partial charge in [-0.05, 0) is 52.7 Å². The first kappa shape index (κ1) is 24.3. The standard InChI is InChI=1S/C22H30F2N4O3/c1-13(12-27(7)21(30)31-22(4,5)6)11-25-20(29)19-14(2)26-28(15(19)3)18-9-8-16(23)10-17(18)24/h8-10,13H,11-12H2,1-7H3,(H,25,29). The van der Waals surface area contributed by atoms with E-state index in [1.54, 1.807) is 41.7 Å². The van der Waals surface area contributed by atoms with Gasteiger partial charge >= 0.3 is 6.09 Å². The Bertz CT molecular complexity index is 966. The quantitative estimate of drug-likeness (QED) is 0.743. The summed E-state index contributed by atoms with van der Waals surface area (Å²) >= 11 is 0. The minimum absolute atomic E-state index is 0.0355. The largest absolute Gasteiger partial charge is 0.444 e. The molecule has 0 fully saturated rings. The second-order valence-electron chi connectivity index (χ2n) is 8.73. The molecule has 0 aliphatic carbocycles. The van der Waals surface area contributed by atoms with Gasteiger partial charge in [0.25, 0.3) is 5.91 Å². The number of rotatable bonds is 6. The van der Waals surface area contributed by atoms with Gasteiger partial charge in [-0.3, -0.25) is 4.79 Å². The van der Waals surface area contributed by atoms with Gasteiger partial charge in [-0.2, -0.15) is 5.10 Å². The van der Waals surface area contributed by atoms with E-state index in [0.717, 1.165) is 12.1 Å². The molecule has 1 atom stereocenters. The second-order valence-corrected chi connectivity index (χ2v) is 8.73. The fraction of sp³-hybridized carbons (Fsp3) is 0.500. The summed E-state index contributed by atoms with van der Waals surface area (Å²) < 4.78 is 34.0. The third-order valence-electron chi connectivity index (χ3n) is 4.56. The van der Waals surface area contributed by atoms with Crippen LogP contribution in [0, 0.1) is 31.4 Å². The maximum Gasteiger partial charge on any atom is 0.410 e. The van der Waals surface area contributed by atoms with Gasteiger partial charge in [-0.1, -0.05) is 6.92 Å². The van der Waals surface area contributed by atoms with Crippen LogP contribution in [0.15, 0.2) is 18.2 Å². The Morgan fingerprint density at radius 2 is 1.90 bits per heavy atom. The molecule has 170 valence electrons. The Morgan fingerprint density at radius 1 is 1.26 bits per heavy atom. The van der Waals surface area contributed by atoms with Crippen LogP contribution in [0.25, 0.3) is 5.69 Å². The van der Waals surface area contributed by atoms with Crippen LogP contribution in [0.5, 0.6) is 0 Å². The normalized spacial score (nSPS) is 12.4. The van der Waals surface area contributed by atoms with Crippen molar-refractivity contribution in [3.8, 4) is 5.69 Å². The first-order valence-electron chi connectivity index (χ1n) is 10.0. The molecule has 1 N–H and O–H groups in total. The highest BCUT2D eigenvalue weighted by atomic mass is 19.1. The Kier molecular flexibility index (Phi) is 7.41. The van der Waals surface area contributed by atoms with Crippen LogP contribution >= 0.6 is 0 Å². The molecule has 1 heterocycles. The molecule has 0 saturated heterocycles. The van der Waals surface area contributed by atoms with E-state index in [2.05, 4.69) is 10.4 Å². The van der Waals surface area contributed by atoms with E-state index in [-0.39, 0.29) is 17.5 Å². The molecule has 1 aromatic heterocycles. The van der Waals surface area contributed by atoms with Crippen molar-refractivity contribution in [2.75, 3.05) is 20.1 Å². The molecular formula is C22H30F2N4O3. The Balaban J connectivity index is 2.04. The van der Waals surface area contributed by atoms with Gasteiger partial charge in [-0.25, -0.2) is 18.3 Å². The Hall–Kier alpha value is -2.97. The minimum atomic E-state index is -0.767. The third-order valence-corrected chi connectivity index (χ3v) is 4.56. The molecule has 31 heavy (non-hydrogen) atoms. The topological polar surface area (TPSA) is 76.5 Å². The molecule has 7 nitrogen and oxygen atoms in total. The number of aromatic nitrogens is 2. The number of nitrogens with one attached hydrogen (secondary N) is 1. The fourth-order valence-corrected chi connectivity index (χ4v) is 3.16. The van der Waals surface area contributed by atoms with Gasteiger partial charge in [0.15, 0.2) is 5.82 Å². The maximum atomic E-state index is 14.2. The molecule has 0 saturated carbocycles. The van der Waals surface area contributed by atoms with E-state index in [9.17, 15) is 18.4 Å². The molecule has 1 unspecified atom stereocenters. The van der Waals surface area contributed by atoms with Crippen molar-refractivity contribution in [2.24, 2.45) is 5.92 Å². The van der Waals surface area contributed by atoms with E-state index >= 15 is 0 Å². The number of hydrogen-bond acceptors (Lipinski definition) is 4. The molecule has 0 aliphatic rings. The Morgan fingerprint density at radius 3 is 2.48 bits per heavy atom. The highest BCUT2D eigenvalue weighted by Crippen LogP contribution is 2.21. The zero-order valence-electron chi connectivity index (χ0n) is 19.0. The van der Waals surface area contributed by atoms with E-state index < -0.39 is 23.3 Å². The van der Waals surface area contributed by atoms with Gasteiger partial charge in [-0.15, -0.1) is 0 Å². The summed E-state index contributed by atoms with van der Waals surface area (Å²) in [4.78, 5) is 26.3. The van der Waals surface area contributed by atoms with Crippen molar-refractivity contribution >= 4 is 12.0 Å². The van der Waals surface area contributed by atoms with Gasteiger partial charge in [0.05, 0.1) is 17.0 Å².